The van der Waals surface area contributed by atoms with Gasteiger partial charge in [0.1, 0.15) is 0 Å². The third kappa shape index (κ3) is 8.33. The summed E-state index contributed by atoms with van der Waals surface area (Å²) in [6.07, 6.45) is 12.7. The lowest BCUT2D eigenvalue weighted by atomic mass is 9.98. The van der Waals surface area contributed by atoms with Crippen molar-refractivity contribution < 1.29 is 9.59 Å². The molecule has 0 saturated heterocycles. The van der Waals surface area contributed by atoms with Gasteiger partial charge in [0.15, 0.2) is 0 Å². The Morgan fingerprint density at radius 2 is 1.16 bits per heavy atom. The van der Waals surface area contributed by atoms with E-state index in [0.717, 1.165) is 102 Å². The number of fused-ring (bicyclic) bond motifs is 8. The van der Waals surface area contributed by atoms with Crippen LogP contribution in [0.2, 0.25) is 0 Å². The molecule has 0 aromatic carbocycles. The number of aryl methyl sites for hydroxylation is 2. The second-order valence-corrected chi connectivity index (χ2v) is 13.7. The summed E-state index contributed by atoms with van der Waals surface area (Å²) in [5.41, 5.74) is 15.3. The van der Waals surface area contributed by atoms with Crippen LogP contribution in [-0.4, -0.2) is 45.3 Å². The molecule has 268 valence electrons. The Kier molecular flexibility index (Phi) is 12.3. The quantitative estimate of drug-likeness (QED) is 0.119. The first-order chi connectivity index (χ1) is 24.6. The van der Waals surface area contributed by atoms with Crippen LogP contribution in [0.4, 0.5) is 0 Å². The van der Waals surface area contributed by atoms with Gasteiger partial charge in [-0.05, 0) is 105 Å². The Balaban J connectivity index is 1.64. The SMILES string of the molecule is C=Cc1c(C)c2cc3[nH]c(cc4nc(cc5nc(cc1[nH]2)C(C)=C5CCC(=O)NC)C(CCC(=O)NCCCCCCCC)=C4C)c(C)c3C=C. The number of aromatic amines is 2. The van der Waals surface area contributed by atoms with Gasteiger partial charge in [-0.2, -0.15) is 0 Å². The maximum absolute atomic E-state index is 13.0. The van der Waals surface area contributed by atoms with Crippen molar-refractivity contribution >= 4 is 68.3 Å². The Morgan fingerprint density at radius 1 is 0.667 bits per heavy atom. The second kappa shape index (κ2) is 16.8. The van der Waals surface area contributed by atoms with Crippen molar-refractivity contribution in [1.82, 2.24) is 30.6 Å². The molecule has 0 unspecified atom stereocenters. The van der Waals surface area contributed by atoms with Gasteiger partial charge in [-0.3, -0.25) is 9.59 Å². The fourth-order valence-electron chi connectivity index (χ4n) is 7.13. The highest BCUT2D eigenvalue weighted by Gasteiger charge is 2.23. The van der Waals surface area contributed by atoms with E-state index in [-0.39, 0.29) is 11.8 Å². The Hall–Kier alpha value is -4.98. The van der Waals surface area contributed by atoms with E-state index in [1.54, 1.807) is 7.05 Å². The number of unbranched alkanes of at least 4 members (excludes halogenated alkanes) is 5. The summed E-state index contributed by atoms with van der Waals surface area (Å²) in [5.74, 6) is 0.0322. The fraction of sp³-hybridized carbons (Fsp3) is 0.395. The van der Waals surface area contributed by atoms with E-state index in [2.05, 4.69) is 86.6 Å². The molecule has 5 heterocycles. The summed E-state index contributed by atoms with van der Waals surface area (Å²) < 4.78 is 0. The molecule has 0 saturated carbocycles. The minimum absolute atomic E-state index is 0.0224. The molecule has 8 bridgehead atoms. The summed E-state index contributed by atoms with van der Waals surface area (Å²) in [7, 11) is 1.66. The predicted molar refractivity (Wildman–Crippen MR) is 215 cm³/mol. The number of rotatable bonds is 15. The molecule has 2 aliphatic heterocycles. The van der Waals surface area contributed by atoms with E-state index < -0.39 is 0 Å². The van der Waals surface area contributed by atoms with Crippen LogP contribution in [0, 0.1) is 13.8 Å². The first kappa shape index (κ1) is 37.3. The number of nitrogens with one attached hydrogen (secondary N) is 4. The molecule has 2 amide bonds. The van der Waals surface area contributed by atoms with Crippen molar-refractivity contribution in [2.45, 2.75) is 98.8 Å². The number of H-pyrrole nitrogens is 2. The van der Waals surface area contributed by atoms with E-state index >= 15 is 0 Å². The van der Waals surface area contributed by atoms with Gasteiger partial charge in [0.25, 0.3) is 0 Å². The fourth-order valence-corrected chi connectivity index (χ4v) is 7.13. The van der Waals surface area contributed by atoms with Crippen molar-refractivity contribution in [1.29, 1.82) is 0 Å². The molecule has 0 spiro atoms. The molecule has 5 rings (SSSR count). The van der Waals surface area contributed by atoms with Crippen molar-refractivity contribution in [3.63, 3.8) is 0 Å². The molecular formula is C43H54N6O2. The number of carbonyl (C=O) groups is 2. The average Bonchev–Trinajstić information content (AvgIpc) is 3.78. The number of hydrogen-bond donors (Lipinski definition) is 4. The summed E-state index contributed by atoms with van der Waals surface area (Å²) in [5, 5.41) is 5.89. The Bertz CT molecular complexity index is 2070. The lowest BCUT2D eigenvalue weighted by Gasteiger charge is -2.08. The van der Waals surface area contributed by atoms with E-state index in [0.29, 0.717) is 32.2 Å². The predicted octanol–water partition coefficient (Wildman–Crippen LogP) is 9.86. The van der Waals surface area contributed by atoms with Gasteiger partial charge >= 0.3 is 0 Å². The molecule has 3 aromatic rings. The number of aromatic nitrogens is 4. The molecule has 3 aromatic heterocycles. The Labute approximate surface area is 302 Å². The summed E-state index contributed by atoms with van der Waals surface area (Å²) in [6, 6.07) is 8.33. The third-order valence-corrected chi connectivity index (χ3v) is 10.4. The van der Waals surface area contributed by atoms with Gasteiger partial charge in [0, 0.05) is 59.6 Å². The summed E-state index contributed by atoms with van der Waals surface area (Å²) in [4.78, 5) is 43.0. The number of amides is 2. The Morgan fingerprint density at radius 3 is 1.71 bits per heavy atom. The monoisotopic (exact) mass is 686 g/mol. The van der Waals surface area contributed by atoms with E-state index in [4.69, 9.17) is 9.97 Å². The molecule has 0 atom stereocenters. The van der Waals surface area contributed by atoms with Crippen molar-refractivity contribution in [2.24, 2.45) is 0 Å². The minimum Gasteiger partial charge on any atom is -0.359 e. The largest absolute Gasteiger partial charge is 0.359 e. The number of carbonyl (C=O) groups excluding carboxylic acids is 2. The zero-order valence-electron chi connectivity index (χ0n) is 31.4. The molecule has 8 nitrogen and oxygen atoms in total. The average molecular weight is 687 g/mol. The lowest BCUT2D eigenvalue weighted by molar-refractivity contribution is -0.121. The molecule has 51 heavy (non-hydrogen) atoms. The maximum Gasteiger partial charge on any atom is 0.220 e. The standard InChI is InChI=1S/C43H54N6O2/c1-9-12-13-14-15-16-21-45-43(51)20-18-33-28(6)35-22-34-26(4)30(10-2)38(46-34)23-36-27(5)31(11-3)39(47-36)24-37-29(7)32(17-19-42(50)44-8)40(49-37)25-41(33)48-35/h10-11,22-25,46-47H,2-3,9,12-21H2,1,4-8H3,(H,44,50)(H,45,51). The molecule has 0 aliphatic carbocycles. The van der Waals surface area contributed by atoms with Crippen molar-refractivity contribution in [2.75, 3.05) is 13.6 Å². The van der Waals surface area contributed by atoms with Crippen LogP contribution in [0.5, 0.6) is 0 Å². The van der Waals surface area contributed by atoms with Crippen LogP contribution >= 0.6 is 0 Å². The first-order valence-electron chi connectivity index (χ1n) is 18.5. The smallest absolute Gasteiger partial charge is 0.220 e. The van der Waals surface area contributed by atoms with Crippen LogP contribution in [-0.2, 0) is 9.59 Å². The van der Waals surface area contributed by atoms with Crippen molar-refractivity contribution in [3.05, 3.63) is 82.5 Å². The molecule has 4 N–H and O–H groups in total. The minimum atomic E-state index is -0.0224. The highest BCUT2D eigenvalue weighted by Crippen LogP contribution is 2.38. The zero-order chi connectivity index (χ0) is 36.7. The number of nitrogens with zero attached hydrogens (tertiary/aromatic N) is 2. The normalized spacial score (nSPS) is 12.7. The molecule has 2 aliphatic rings. The topological polar surface area (TPSA) is 116 Å². The number of hydrogen-bond acceptors (Lipinski definition) is 4. The van der Waals surface area contributed by atoms with Crippen LogP contribution in [0.3, 0.4) is 0 Å². The van der Waals surface area contributed by atoms with Crippen LogP contribution in [0.1, 0.15) is 130 Å². The maximum atomic E-state index is 13.0. The van der Waals surface area contributed by atoms with Crippen LogP contribution in [0.25, 0.3) is 56.5 Å². The van der Waals surface area contributed by atoms with Gasteiger partial charge < -0.3 is 20.6 Å². The summed E-state index contributed by atoms with van der Waals surface area (Å²) in [6.45, 7) is 19.5. The van der Waals surface area contributed by atoms with Crippen LogP contribution < -0.4 is 10.6 Å². The van der Waals surface area contributed by atoms with Crippen molar-refractivity contribution in [3.8, 4) is 0 Å². The zero-order valence-corrected chi connectivity index (χ0v) is 31.4. The van der Waals surface area contributed by atoms with Gasteiger partial charge in [-0.15, -0.1) is 0 Å². The third-order valence-electron chi connectivity index (χ3n) is 10.4. The highest BCUT2D eigenvalue weighted by molar-refractivity contribution is 5.97. The van der Waals surface area contributed by atoms with Gasteiger partial charge in [-0.1, -0.05) is 64.3 Å². The van der Waals surface area contributed by atoms with Gasteiger partial charge in [0.05, 0.1) is 22.8 Å². The molecule has 0 radical (unpaired) electrons. The summed E-state index contributed by atoms with van der Waals surface area (Å²) >= 11 is 0. The van der Waals surface area contributed by atoms with E-state index in [9.17, 15) is 9.59 Å². The van der Waals surface area contributed by atoms with Gasteiger partial charge in [-0.25, -0.2) is 9.97 Å². The lowest BCUT2D eigenvalue weighted by Crippen LogP contribution is -2.24. The second-order valence-electron chi connectivity index (χ2n) is 13.7. The van der Waals surface area contributed by atoms with Crippen LogP contribution in [0.15, 0.2) is 37.4 Å². The molecule has 8 heteroatoms. The van der Waals surface area contributed by atoms with Gasteiger partial charge in [0.2, 0.25) is 11.8 Å². The molecular weight excluding hydrogens is 633 g/mol. The molecule has 0 fully saturated rings. The van der Waals surface area contributed by atoms with E-state index in [1.165, 1.54) is 25.7 Å². The first-order valence-corrected chi connectivity index (χ1v) is 18.5. The van der Waals surface area contributed by atoms with E-state index in [1.807, 2.05) is 18.2 Å². The number of allylic oxidation sites excluding steroid dienone is 4. The highest BCUT2D eigenvalue weighted by atomic mass is 16.2.